The van der Waals surface area contributed by atoms with Crippen molar-refractivity contribution in [3.8, 4) is 11.3 Å². The van der Waals surface area contributed by atoms with Gasteiger partial charge in [0.15, 0.2) is 0 Å². The third-order valence-corrected chi connectivity index (χ3v) is 10.5. The SMILES string of the molecule is Cc1cnc(C(CCN(C)CCN=O)Nc2ccc3c(c2)Sc2cccc(-c4cc(N5CCOCC5)cc(=O)n4N)c2S3)cn1. The number of aromatic nitrogens is 3. The number of fused-ring (bicyclic) bond motifs is 2. The van der Waals surface area contributed by atoms with Crippen molar-refractivity contribution in [3.63, 3.8) is 0 Å². The van der Waals surface area contributed by atoms with E-state index in [1.807, 2.05) is 38.4 Å². The average molecular weight is 645 g/mol. The first kappa shape index (κ1) is 31.1. The lowest BCUT2D eigenvalue weighted by atomic mass is 10.1. The zero-order valence-electron chi connectivity index (χ0n) is 25.3. The number of nitrogens with two attached hydrogens (primary N) is 1. The number of morpholine rings is 1. The van der Waals surface area contributed by atoms with Gasteiger partial charge in [0, 0.05) is 75.0 Å². The van der Waals surface area contributed by atoms with E-state index >= 15 is 0 Å². The molecule has 1 unspecified atom stereocenters. The van der Waals surface area contributed by atoms with Crippen molar-refractivity contribution in [1.82, 2.24) is 19.5 Å². The van der Waals surface area contributed by atoms with Gasteiger partial charge >= 0.3 is 0 Å². The number of anilines is 2. The van der Waals surface area contributed by atoms with Gasteiger partial charge in [0.1, 0.15) is 0 Å². The molecule has 0 spiro atoms. The van der Waals surface area contributed by atoms with Gasteiger partial charge in [-0.3, -0.25) is 14.8 Å². The molecule has 2 aromatic carbocycles. The summed E-state index contributed by atoms with van der Waals surface area (Å²) in [7, 11) is 1.99. The number of nitrogens with one attached hydrogen (secondary N) is 1. The van der Waals surface area contributed by atoms with Crippen molar-refractivity contribution in [2.75, 3.05) is 69.0 Å². The summed E-state index contributed by atoms with van der Waals surface area (Å²) in [6.45, 7) is 6.32. The summed E-state index contributed by atoms with van der Waals surface area (Å²) in [5.74, 6) is 6.34. The predicted molar refractivity (Wildman–Crippen MR) is 180 cm³/mol. The lowest BCUT2D eigenvalue weighted by molar-refractivity contribution is 0.122. The first-order chi connectivity index (χ1) is 21.9. The number of nitrogens with zero attached hydrogens (tertiary/aromatic N) is 6. The molecule has 0 aliphatic carbocycles. The Labute approximate surface area is 270 Å². The molecule has 11 nitrogen and oxygen atoms in total. The molecule has 13 heteroatoms. The molecule has 1 atom stereocenters. The van der Waals surface area contributed by atoms with E-state index in [2.05, 4.69) is 54.5 Å². The van der Waals surface area contributed by atoms with E-state index in [0.29, 0.717) is 25.5 Å². The zero-order valence-corrected chi connectivity index (χ0v) is 26.9. The molecule has 4 aromatic rings. The van der Waals surface area contributed by atoms with Gasteiger partial charge in [0.2, 0.25) is 0 Å². The molecular weight excluding hydrogens is 609 g/mol. The minimum Gasteiger partial charge on any atom is -0.378 e. The van der Waals surface area contributed by atoms with Gasteiger partial charge in [0.25, 0.3) is 5.56 Å². The molecule has 2 aliphatic heterocycles. The molecule has 1 saturated heterocycles. The Balaban J connectivity index is 1.25. The summed E-state index contributed by atoms with van der Waals surface area (Å²) in [6.07, 6.45) is 4.39. The fraction of sp³-hybridized carbons (Fsp3) is 0.344. The molecule has 2 aromatic heterocycles. The number of nitroso groups, excluding NO2 is 1. The quantitative estimate of drug-likeness (QED) is 0.148. The predicted octanol–water partition coefficient (Wildman–Crippen LogP) is 5.02. The summed E-state index contributed by atoms with van der Waals surface area (Å²) >= 11 is 3.40. The van der Waals surface area contributed by atoms with E-state index < -0.39 is 0 Å². The van der Waals surface area contributed by atoms with E-state index in [1.165, 1.54) is 4.68 Å². The molecule has 0 bridgehead atoms. The normalized spacial score (nSPS) is 15.0. The third kappa shape index (κ3) is 7.17. The van der Waals surface area contributed by atoms with Crippen LogP contribution in [0.4, 0.5) is 11.4 Å². The molecule has 0 amide bonds. The summed E-state index contributed by atoms with van der Waals surface area (Å²) in [5.41, 5.74) is 4.96. The van der Waals surface area contributed by atoms with Gasteiger partial charge < -0.3 is 25.7 Å². The highest BCUT2D eigenvalue weighted by Crippen LogP contribution is 2.52. The largest absolute Gasteiger partial charge is 0.378 e. The molecule has 1 fully saturated rings. The number of hydrogen-bond donors (Lipinski definition) is 2. The zero-order chi connectivity index (χ0) is 31.3. The summed E-state index contributed by atoms with van der Waals surface area (Å²) in [6, 6.07) is 16.1. The van der Waals surface area contributed by atoms with Crippen molar-refractivity contribution in [2.24, 2.45) is 5.18 Å². The van der Waals surface area contributed by atoms with Gasteiger partial charge in [-0.15, -0.1) is 0 Å². The monoisotopic (exact) mass is 644 g/mol. The fourth-order valence-electron chi connectivity index (χ4n) is 5.42. The highest BCUT2D eigenvalue weighted by Gasteiger charge is 2.24. The number of pyridine rings is 1. The van der Waals surface area contributed by atoms with Crippen LogP contribution in [0.1, 0.15) is 23.9 Å². The van der Waals surface area contributed by atoms with Crippen LogP contribution < -0.4 is 21.6 Å². The second kappa shape index (κ2) is 14.0. The molecule has 0 radical (unpaired) electrons. The molecular formula is C32H36N8O3S2. The van der Waals surface area contributed by atoms with Crippen LogP contribution in [-0.2, 0) is 4.74 Å². The van der Waals surface area contributed by atoms with Crippen LogP contribution in [0.15, 0.2) is 90.5 Å². The number of likely N-dealkylation sites (N-methyl/N-ethyl adjacent to an activating group) is 1. The van der Waals surface area contributed by atoms with E-state index in [-0.39, 0.29) is 18.1 Å². The van der Waals surface area contributed by atoms with Gasteiger partial charge in [-0.1, -0.05) is 40.8 Å². The van der Waals surface area contributed by atoms with Gasteiger partial charge in [-0.2, -0.15) is 4.91 Å². The second-order valence-corrected chi connectivity index (χ2v) is 13.3. The molecule has 45 heavy (non-hydrogen) atoms. The smallest absolute Gasteiger partial charge is 0.271 e. The van der Waals surface area contributed by atoms with Crippen LogP contribution >= 0.6 is 23.5 Å². The highest BCUT2D eigenvalue weighted by atomic mass is 32.2. The van der Waals surface area contributed by atoms with Crippen LogP contribution in [0.2, 0.25) is 0 Å². The first-order valence-electron chi connectivity index (χ1n) is 14.9. The number of aryl methyl sites for hydroxylation is 1. The van der Waals surface area contributed by atoms with Crippen molar-refractivity contribution in [1.29, 1.82) is 0 Å². The van der Waals surface area contributed by atoms with Crippen LogP contribution in [0, 0.1) is 11.8 Å². The average Bonchev–Trinajstić information content (AvgIpc) is 3.06. The Kier molecular flexibility index (Phi) is 9.69. The molecule has 234 valence electrons. The second-order valence-electron chi connectivity index (χ2n) is 11.1. The van der Waals surface area contributed by atoms with Gasteiger partial charge in [-0.05, 0) is 50.7 Å². The Morgan fingerprint density at radius 1 is 1.04 bits per heavy atom. The summed E-state index contributed by atoms with van der Waals surface area (Å²) < 4.78 is 6.75. The summed E-state index contributed by atoms with van der Waals surface area (Å²) in [4.78, 5) is 41.4. The van der Waals surface area contributed by atoms with Crippen LogP contribution in [0.5, 0.6) is 0 Å². The number of ether oxygens (including phenoxy) is 1. The lowest BCUT2D eigenvalue weighted by Crippen LogP contribution is -2.38. The maximum atomic E-state index is 13.0. The Morgan fingerprint density at radius 3 is 2.67 bits per heavy atom. The summed E-state index contributed by atoms with van der Waals surface area (Å²) in [5, 5.41) is 6.67. The number of benzene rings is 2. The van der Waals surface area contributed by atoms with E-state index in [0.717, 1.165) is 74.0 Å². The van der Waals surface area contributed by atoms with Crippen LogP contribution in [0.3, 0.4) is 0 Å². The Morgan fingerprint density at radius 2 is 1.89 bits per heavy atom. The molecule has 2 aliphatic rings. The standard InChI is InChI=1S/C32H36N8O3S2/c1-21-19-35-26(20-34-21)25(8-10-38(2)11-9-36-42)37-22-6-7-28-30(16-22)44-29-5-3-4-24(32(29)45-28)27-17-23(18-31(41)40(27)33)39-12-14-43-15-13-39/h3-7,16-20,25,37H,8-15,33H2,1-2H3. The number of nitrogen functional groups attached to an aromatic ring is 1. The molecule has 4 heterocycles. The minimum absolute atomic E-state index is 0.0667. The van der Waals surface area contributed by atoms with Crippen LogP contribution in [0.25, 0.3) is 11.3 Å². The highest BCUT2D eigenvalue weighted by molar-refractivity contribution is 8.05. The minimum atomic E-state index is -0.240. The van der Waals surface area contributed by atoms with E-state index in [9.17, 15) is 9.70 Å². The third-order valence-electron chi connectivity index (χ3n) is 7.93. The van der Waals surface area contributed by atoms with Crippen molar-refractivity contribution >= 4 is 34.9 Å². The van der Waals surface area contributed by atoms with E-state index in [1.54, 1.807) is 35.8 Å². The van der Waals surface area contributed by atoms with E-state index in [4.69, 9.17) is 10.6 Å². The van der Waals surface area contributed by atoms with Crippen molar-refractivity contribution in [3.05, 3.63) is 87.6 Å². The Hall–Kier alpha value is -3.91. The lowest BCUT2D eigenvalue weighted by Gasteiger charge is -2.29. The number of rotatable bonds is 11. The van der Waals surface area contributed by atoms with Crippen molar-refractivity contribution < 1.29 is 4.74 Å². The number of hydrogen-bond acceptors (Lipinski definition) is 12. The first-order valence-corrected chi connectivity index (χ1v) is 16.5. The fourth-order valence-corrected chi connectivity index (χ4v) is 7.83. The van der Waals surface area contributed by atoms with Crippen LogP contribution in [-0.4, -0.2) is 72.5 Å². The maximum absolute atomic E-state index is 13.0. The van der Waals surface area contributed by atoms with Gasteiger partial charge in [-0.25, -0.2) is 4.68 Å². The topological polar surface area (TPSA) is 131 Å². The van der Waals surface area contributed by atoms with Crippen molar-refractivity contribution in [2.45, 2.75) is 39.0 Å². The molecule has 3 N–H and O–H groups in total. The Bertz CT molecular complexity index is 1730. The maximum Gasteiger partial charge on any atom is 0.271 e. The van der Waals surface area contributed by atoms with Gasteiger partial charge in [0.05, 0.1) is 49.1 Å². The molecule has 0 saturated carbocycles. The molecule has 6 rings (SSSR count).